The number of nitrogens with zero attached hydrogens (tertiary/aromatic N) is 1. The Bertz CT molecular complexity index is 397. The van der Waals surface area contributed by atoms with Crippen LogP contribution in [0, 0.1) is 0 Å². The molecule has 1 saturated heterocycles. The van der Waals surface area contributed by atoms with Crippen LogP contribution in [0.4, 0.5) is 8.78 Å². The number of piperidine rings is 1. The fraction of sp³-hybridized carbons (Fsp3) is 0.562. The van der Waals surface area contributed by atoms with Gasteiger partial charge in [0.05, 0.1) is 0 Å². The average Bonchev–Trinajstić information content (AvgIpc) is 2.49. The van der Waals surface area contributed by atoms with Crippen LogP contribution in [-0.4, -0.2) is 17.6 Å². The van der Waals surface area contributed by atoms with Gasteiger partial charge in [-0.05, 0) is 44.9 Å². The van der Waals surface area contributed by atoms with Crippen molar-refractivity contribution in [2.45, 2.75) is 52.0 Å². The van der Waals surface area contributed by atoms with Crippen LogP contribution in [-0.2, 0) is 0 Å². The van der Waals surface area contributed by atoms with Crippen molar-refractivity contribution < 1.29 is 8.78 Å². The number of allylic oxidation sites excluding steroid dienone is 1. The minimum absolute atomic E-state index is 0. The summed E-state index contributed by atoms with van der Waals surface area (Å²) < 4.78 is 24.9. The molecule has 2 heterocycles. The van der Waals surface area contributed by atoms with Gasteiger partial charge in [0.1, 0.15) is 11.5 Å². The summed E-state index contributed by atoms with van der Waals surface area (Å²) >= 11 is 0. The smallest absolute Gasteiger partial charge is 0.179 e. The molecular formula is C16H25ClF2N2. The summed E-state index contributed by atoms with van der Waals surface area (Å²) in [5.41, 5.74) is 0.0347. The summed E-state index contributed by atoms with van der Waals surface area (Å²) in [5, 5.41) is 3.52. The van der Waals surface area contributed by atoms with E-state index in [9.17, 15) is 8.78 Å². The lowest BCUT2D eigenvalue weighted by molar-refractivity contribution is 0.380. The van der Waals surface area contributed by atoms with Crippen LogP contribution >= 0.6 is 12.4 Å². The van der Waals surface area contributed by atoms with E-state index in [2.05, 4.69) is 17.2 Å². The molecule has 120 valence electrons. The van der Waals surface area contributed by atoms with E-state index in [0.29, 0.717) is 0 Å². The number of aromatic nitrogens is 1. The van der Waals surface area contributed by atoms with Crippen molar-refractivity contribution in [2.75, 3.05) is 6.54 Å². The fourth-order valence-corrected chi connectivity index (χ4v) is 2.19. The minimum atomic E-state index is -0.898. The number of nitrogens with one attached hydrogen (secondary N) is 1. The number of halogens is 3. The Morgan fingerprint density at radius 2 is 2.10 bits per heavy atom. The van der Waals surface area contributed by atoms with E-state index in [1.807, 2.05) is 0 Å². The van der Waals surface area contributed by atoms with Gasteiger partial charge in [0.15, 0.2) is 5.83 Å². The molecule has 1 atom stereocenters. The molecule has 21 heavy (non-hydrogen) atoms. The van der Waals surface area contributed by atoms with Crippen molar-refractivity contribution >= 4 is 18.2 Å². The van der Waals surface area contributed by atoms with Crippen LogP contribution in [0.3, 0.4) is 0 Å². The fourth-order valence-electron chi connectivity index (χ4n) is 2.19. The molecule has 0 bridgehead atoms. The number of pyridine rings is 1. The zero-order chi connectivity index (χ0) is 14.8. The van der Waals surface area contributed by atoms with Gasteiger partial charge in [-0.1, -0.05) is 25.8 Å². The first-order chi connectivity index (χ1) is 9.65. The summed E-state index contributed by atoms with van der Waals surface area (Å²) in [6.45, 7) is 4.57. The van der Waals surface area contributed by atoms with E-state index in [-0.39, 0.29) is 18.1 Å². The summed E-state index contributed by atoms with van der Waals surface area (Å²) in [6, 6.07) is 5.51. The van der Waals surface area contributed by atoms with Gasteiger partial charge in [-0.25, -0.2) is 8.78 Å². The van der Waals surface area contributed by atoms with Crippen molar-refractivity contribution in [3.8, 4) is 0 Å². The van der Waals surface area contributed by atoms with E-state index in [4.69, 9.17) is 0 Å². The maximum absolute atomic E-state index is 12.7. The van der Waals surface area contributed by atoms with Gasteiger partial charge in [0, 0.05) is 12.2 Å². The zero-order valence-corrected chi connectivity index (χ0v) is 13.6. The molecule has 1 unspecified atom stereocenters. The second-order valence-electron chi connectivity index (χ2n) is 5.00. The van der Waals surface area contributed by atoms with E-state index in [1.165, 1.54) is 50.9 Å². The van der Waals surface area contributed by atoms with Crippen molar-refractivity contribution in [3.63, 3.8) is 0 Å². The Labute approximate surface area is 132 Å². The normalized spacial score (nSPS) is 18.8. The molecule has 5 heteroatoms. The van der Waals surface area contributed by atoms with Crippen LogP contribution in [0.5, 0.6) is 0 Å². The Kier molecular flexibility index (Phi) is 11.1. The van der Waals surface area contributed by atoms with Gasteiger partial charge in [-0.2, -0.15) is 0 Å². The Morgan fingerprint density at radius 3 is 2.57 bits per heavy atom. The van der Waals surface area contributed by atoms with Crippen LogP contribution in [0.1, 0.15) is 51.6 Å². The highest BCUT2D eigenvalue weighted by Crippen LogP contribution is 2.17. The van der Waals surface area contributed by atoms with Gasteiger partial charge < -0.3 is 5.32 Å². The van der Waals surface area contributed by atoms with Gasteiger partial charge >= 0.3 is 0 Å². The highest BCUT2D eigenvalue weighted by atomic mass is 35.5. The van der Waals surface area contributed by atoms with Crippen molar-refractivity contribution in [2.24, 2.45) is 0 Å². The lowest BCUT2D eigenvalue weighted by Crippen LogP contribution is -2.33. The van der Waals surface area contributed by atoms with E-state index in [0.717, 1.165) is 13.0 Å². The minimum Gasteiger partial charge on any atom is -0.314 e. The van der Waals surface area contributed by atoms with Gasteiger partial charge in [0.2, 0.25) is 0 Å². The molecule has 1 N–H and O–H groups in total. The quantitative estimate of drug-likeness (QED) is 0.842. The van der Waals surface area contributed by atoms with Crippen molar-refractivity contribution in [1.29, 1.82) is 0 Å². The summed E-state index contributed by atoms with van der Waals surface area (Å²) in [6.07, 6.45) is 8.36. The average molecular weight is 319 g/mol. The first-order valence-corrected chi connectivity index (χ1v) is 7.31. The number of hydrogen-bond acceptors (Lipinski definition) is 2. The van der Waals surface area contributed by atoms with Gasteiger partial charge in [0.25, 0.3) is 0 Å². The highest BCUT2D eigenvalue weighted by Gasteiger charge is 2.09. The largest absolute Gasteiger partial charge is 0.314 e. The number of hydrogen-bond donors (Lipinski definition) is 1. The predicted molar refractivity (Wildman–Crippen MR) is 86.8 cm³/mol. The maximum Gasteiger partial charge on any atom is 0.179 e. The van der Waals surface area contributed by atoms with Crippen LogP contribution in [0.2, 0.25) is 0 Å². The molecule has 1 fully saturated rings. The topological polar surface area (TPSA) is 24.9 Å². The standard InChI is InChI=1S/C8H7F2N.C8H17N.ClH/c1-6(9)8(10)7-4-2-3-5-11-7;1-2-5-8-6-3-4-7-9-8;/h2-5H,1H3;8-9H,2-7H2,1H3;1H. The molecule has 1 aromatic heterocycles. The zero-order valence-electron chi connectivity index (χ0n) is 12.7. The molecule has 0 aliphatic carbocycles. The molecule has 1 aliphatic rings. The van der Waals surface area contributed by atoms with E-state index >= 15 is 0 Å². The summed E-state index contributed by atoms with van der Waals surface area (Å²) in [5.74, 6) is -1.74. The highest BCUT2D eigenvalue weighted by molar-refractivity contribution is 5.85. The molecule has 0 spiro atoms. The summed E-state index contributed by atoms with van der Waals surface area (Å²) in [7, 11) is 0. The Morgan fingerprint density at radius 1 is 1.33 bits per heavy atom. The van der Waals surface area contributed by atoms with Crippen molar-refractivity contribution in [1.82, 2.24) is 10.3 Å². The molecule has 2 rings (SSSR count). The van der Waals surface area contributed by atoms with Crippen LogP contribution < -0.4 is 5.32 Å². The van der Waals surface area contributed by atoms with Gasteiger partial charge in [-0.3, -0.25) is 4.98 Å². The summed E-state index contributed by atoms with van der Waals surface area (Å²) in [4.78, 5) is 3.63. The molecule has 0 amide bonds. The molecule has 0 saturated carbocycles. The maximum atomic E-state index is 12.7. The molecule has 0 radical (unpaired) electrons. The lowest BCUT2D eigenvalue weighted by atomic mass is 10.0. The third-order valence-electron chi connectivity index (χ3n) is 3.24. The third-order valence-corrected chi connectivity index (χ3v) is 3.24. The van der Waals surface area contributed by atoms with Crippen LogP contribution in [0.15, 0.2) is 30.2 Å². The Balaban J connectivity index is 0.000000370. The van der Waals surface area contributed by atoms with Gasteiger partial charge in [-0.15, -0.1) is 12.4 Å². The SMILES string of the molecule is CC(F)=C(F)c1ccccn1.CCCC1CCCCN1.Cl. The molecule has 1 aromatic rings. The van der Waals surface area contributed by atoms with E-state index in [1.54, 1.807) is 12.1 Å². The van der Waals surface area contributed by atoms with E-state index < -0.39 is 11.7 Å². The second kappa shape index (κ2) is 11.6. The Hall–Kier alpha value is -1.00. The second-order valence-corrected chi connectivity index (χ2v) is 5.00. The lowest BCUT2D eigenvalue weighted by Gasteiger charge is -2.22. The van der Waals surface area contributed by atoms with Crippen LogP contribution in [0.25, 0.3) is 5.83 Å². The number of rotatable bonds is 3. The van der Waals surface area contributed by atoms with Crippen molar-refractivity contribution in [3.05, 3.63) is 35.9 Å². The first kappa shape index (κ1) is 20.0. The first-order valence-electron chi connectivity index (χ1n) is 7.31. The third kappa shape index (κ3) is 8.12. The predicted octanol–water partition coefficient (Wildman–Crippen LogP) is 5.06. The molecule has 0 aromatic carbocycles. The molecule has 1 aliphatic heterocycles. The monoisotopic (exact) mass is 318 g/mol. The molecule has 2 nitrogen and oxygen atoms in total. The molecular weight excluding hydrogens is 294 g/mol.